The first-order valence-electron chi connectivity index (χ1n) is 9.94. The van der Waals surface area contributed by atoms with Gasteiger partial charge in [-0.25, -0.2) is 0 Å². The van der Waals surface area contributed by atoms with E-state index in [0.29, 0.717) is 18.0 Å². The van der Waals surface area contributed by atoms with E-state index in [-0.39, 0.29) is 11.9 Å². The summed E-state index contributed by atoms with van der Waals surface area (Å²) < 4.78 is 5.16. The van der Waals surface area contributed by atoms with Crippen molar-refractivity contribution in [1.29, 1.82) is 0 Å². The molecule has 4 bridgehead atoms. The number of carbonyl (C=O) groups is 1. The van der Waals surface area contributed by atoms with Crippen LogP contribution in [-0.4, -0.2) is 36.6 Å². The zero-order chi connectivity index (χ0) is 18.4. The highest BCUT2D eigenvalue weighted by Gasteiger charge is 2.55. The van der Waals surface area contributed by atoms with Crippen LogP contribution in [0, 0.1) is 11.8 Å². The third-order valence-corrected chi connectivity index (χ3v) is 6.75. The highest BCUT2D eigenvalue weighted by molar-refractivity contribution is 5.76. The summed E-state index contributed by atoms with van der Waals surface area (Å²) in [4.78, 5) is 15.0. The van der Waals surface area contributed by atoms with Crippen molar-refractivity contribution in [3.05, 3.63) is 65.7 Å². The van der Waals surface area contributed by atoms with E-state index < -0.39 is 0 Å². The van der Waals surface area contributed by atoms with Gasteiger partial charge in [-0.1, -0.05) is 66.2 Å². The molecule has 4 fully saturated rings. The van der Waals surface area contributed by atoms with E-state index >= 15 is 0 Å². The summed E-state index contributed by atoms with van der Waals surface area (Å²) in [6.07, 6.45) is 5.78. The first-order chi connectivity index (χ1) is 13.2. The predicted molar refractivity (Wildman–Crippen MR) is 107 cm³/mol. The molecule has 0 aromatic heterocycles. The smallest absolute Gasteiger partial charge is 0.310 e. The summed E-state index contributed by atoms with van der Waals surface area (Å²) in [6.45, 7) is 1.01. The fourth-order valence-electron chi connectivity index (χ4n) is 5.50. The zero-order valence-electron chi connectivity index (χ0n) is 15.7. The molecule has 3 nitrogen and oxygen atoms in total. The summed E-state index contributed by atoms with van der Waals surface area (Å²) in [5.74, 6) is 0.325. The number of hydrogen-bond donors (Lipinski definition) is 0. The van der Waals surface area contributed by atoms with Crippen LogP contribution < -0.4 is 0 Å². The lowest BCUT2D eigenvalue weighted by Crippen LogP contribution is -2.58. The van der Waals surface area contributed by atoms with Gasteiger partial charge in [-0.3, -0.25) is 9.69 Å². The van der Waals surface area contributed by atoms with E-state index in [1.807, 2.05) is 6.07 Å². The van der Waals surface area contributed by atoms with Crippen LogP contribution in [0.4, 0.5) is 0 Å². The Kier molecular flexibility index (Phi) is 4.13. The van der Waals surface area contributed by atoms with E-state index in [9.17, 15) is 4.79 Å². The summed E-state index contributed by atoms with van der Waals surface area (Å²) in [5, 5.41) is 0. The molecule has 0 radical (unpaired) electrons. The van der Waals surface area contributed by atoms with Gasteiger partial charge in [0.05, 0.1) is 13.0 Å². The molecule has 2 aromatic rings. The van der Waals surface area contributed by atoms with Gasteiger partial charge in [-0.2, -0.15) is 0 Å². The molecule has 0 spiro atoms. The van der Waals surface area contributed by atoms with Crippen molar-refractivity contribution in [2.75, 3.05) is 13.7 Å². The van der Waals surface area contributed by atoms with Crippen molar-refractivity contribution in [1.82, 2.24) is 4.90 Å². The SMILES string of the molecule is COC(=O)[C@H]1[C@@H]2C[C@@H]3CC[C@H]1N3C/C2=C\c1ccc(-c2ccccc2)cc1. The van der Waals surface area contributed by atoms with Crippen LogP contribution in [0.1, 0.15) is 24.8 Å². The standard InChI is InChI=1S/C24H25NO2/c1-27-24(26)23-21-14-20-11-12-22(23)25(20)15-19(21)13-16-7-9-18(10-8-16)17-5-3-2-4-6-17/h2-10,13,20-23H,11-12,14-15H2,1H3/b19-13+/t20-,21+,22+,23-/m0/s1. The van der Waals surface area contributed by atoms with E-state index in [4.69, 9.17) is 4.74 Å². The molecule has 4 saturated heterocycles. The van der Waals surface area contributed by atoms with E-state index in [1.54, 1.807) is 0 Å². The van der Waals surface area contributed by atoms with Crippen molar-refractivity contribution in [3.8, 4) is 11.1 Å². The molecule has 27 heavy (non-hydrogen) atoms. The topological polar surface area (TPSA) is 29.5 Å². The number of rotatable bonds is 3. The van der Waals surface area contributed by atoms with Crippen molar-refractivity contribution in [2.45, 2.75) is 31.3 Å². The number of nitrogens with zero attached hydrogens (tertiary/aromatic N) is 1. The fourth-order valence-corrected chi connectivity index (χ4v) is 5.50. The Morgan fingerprint density at radius 1 is 1.04 bits per heavy atom. The maximum absolute atomic E-state index is 12.5. The molecule has 4 aliphatic rings. The second-order valence-electron chi connectivity index (χ2n) is 8.07. The minimum Gasteiger partial charge on any atom is -0.469 e. The first-order valence-corrected chi connectivity index (χ1v) is 9.94. The van der Waals surface area contributed by atoms with Gasteiger partial charge >= 0.3 is 5.97 Å². The number of benzene rings is 2. The zero-order valence-corrected chi connectivity index (χ0v) is 15.7. The number of carbonyl (C=O) groups excluding carboxylic acids is 1. The van der Waals surface area contributed by atoms with Crippen LogP contribution in [0.2, 0.25) is 0 Å². The average Bonchev–Trinajstić information content (AvgIpc) is 3.03. The van der Waals surface area contributed by atoms with Crippen LogP contribution >= 0.6 is 0 Å². The van der Waals surface area contributed by atoms with Crippen molar-refractivity contribution >= 4 is 12.0 Å². The van der Waals surface area contributed by atoms with Gasteiger partial charge in [0, 0.05) is 18.6 Å². The molecule has 5 atom stereocenters. The second-order valence-corrected chi connectivity index (χ2v) is 8.07. The number of fused-ring (bicyclic) bond motifs is 1. The van der Waals surface area contributed by atoms with Crippen LogP contribution in [0.3, 0.4) is 0 Å². The second kappa shape index (κ2) is 6.65. The molecular weight excluding hydrogens is 334 g/mol. The number of methoxy groups -OCH3 is 1. The van der Waals surface area contributed by atoms with Gasteiger partial charge in [-0.15, -0.1) is 0 Å². The Bertz CT molecular complexity index is 871. The largest absolute Gasteiger partial charge is 0.469 e. The van der Waals surface area contributed by atoms with Gasteiger partial charge in [0.2, 0.25) is 0 Å². The van der Waals surface area contributed by atoms with Crippen molar-refractivity contribution in [3.63, 3.8) is 0 Å². The Morgan fingerprint density at radius 2 is 1.78 bits per heavy atom. The van der Waals surface area contributed by atoms with Crippen LogP contribution in [-0.2, 0) is 9.53 Å². The van der Waals surface area contributed by atoms with Gasteiger partial charge in [-0.05, 0) is 41.9 Å². The van der Waals surface area contributed by atoms with Gasteiger partial charge in [0.1, 0.15) is 0 Å². The minimum absolute atomic E-state index is 0.0114. The number of ether oxygens (including phenoxy) is 1. The van der Waals surface area contributed by atoms with E-state index in [0.717, 1.165) is 19.4 Å². The molecule has 138 valence electrons. The van der Waals surface area contributed by atoms with Crippen LogP contribution in [0.25, 0.3) is 17.2 Å². The fraction of sp³-hybridized carbons (Fsp3) is 0.375. The number of piperidine rings is 3. The van der Waals surface area contributed by atoms with Crippen molar-refractivity contribution < 1.29 is 9.53 Å². The molecule has 6 rings (SSSR count). The maximum atomic E-state index is 12.5. The molecule has 2 aromatic carbocycles. The lowest BCUT2D eigenvalue weighted by atomic mass is 9.71. The highest BCUT2D eigenvalue weighted by atomic mass is 16.5. The molecule has 0 saturated carbocycles. The summed E-state index contributed by atoms with van der Waals surface area (Å²) in [5.41, 5.74) is 5.08. The molecule has 0 amide bonds. The molecule has 1 unspecified atom stereocenters. The quantitative estimate of drug-likeness (QED) is 0.761. The molecule has 4 aliphatic heterocycles. The van der Waals surface area contributed by atoms with Gasteiger partial charge in [0.15, 0.2) is 0 Å². The molecule has 4 heterocycles. The van der Waals surface area contributed by atoms with Crippen LogP contribution in [0.5, 0.6) is 0 Å². The van der Waals surface area contributed by atoms with Gasteiger partial charge in [0.25, 0.3) is 0 Å². The van der Waals surface area contributed by atoms with Gasteiger partial charge < -0.3 is 4.74 Å². The van der Waals surface area contributed by atoms with E-state index in [2.05, 4.69) is 59.5 Å². The Morgan fingerprint density at radius 3 is 2.52 bits per heavy atom. The Balaban J connectivity index is 1.43. The third kappa shape index (κ3) is 2.81. The van der Waals surface area contributed by atoms with E-state index in [1.165, 1.54) is 35.8 Å². The Hall–Kier alpha value is -2.39. The predicted octanol–water partition coefficient (Wildman–Crippen LogP) is 4.39. The first kappa shape index (κ1) is 16.8. The molecule has 0 N–H and O–H groups in total. The molecule has 3 heteroatoms. The Labute approximate surface area is 160 Å². The molecular formula is C24H25NO2. The highest BCUT2D eigenvalue weighted by Crippen LogP contribution is 2.50. The normalized spacial score (nSPS) is 32.6. The third-order valence-electron chi connectivity index (χ3n) is 6.75. The maximum Gasteiger partial charge on any atom is 0.310 e. The summed E-state index contributed by atoms with van der Waals surface area (Å²) in [6, 6.07) is 20.3. The number of hydrogen-bond acceptors (Lipinski definition) is 3. The summed E-state index contributed by atoms with van der Waals surface area (Å²) in [7, 11) is 1.53. The number of esters is 1. The van der Waals surface area contributed by atoms with Crippen LogP contribution in [0.15, 0.2) is 60.2 Å². The average molecular weight is 359 g/mol. The lowest BCUT2D eigenvalue weighted by Gasteiger charge is -2.50. The monoisotopic (exact) mass is 359 g/mol. The summed E-state index contributed by atoms with van der Waals surface area (Å²) >= 11 is 0. The lowest BCUT2D eigenvalue weighted by molar-refractivity contribution is -0.153. The molecule has 0 aliphatic carbocycles. The minimum atomic E-state index is -0.0274. The van der Waals surface area contributed by atoms with Crippen molar-refractivity contribution in [2.24, 2.45) is 11.8 Å².